The fraction of sp³-hybridized carbons (Fsp3) is 0.0690. The van der Waals surface area contributed by atoms with Gasteiger partial charge in [0.25, 0.3) is 5.91 Å². The van der Waals surface area contributed by atoms with Crippen molar-refractivity contribution in [2.24, 2.45) is 0 Å². The van der Waals surface area contributed by atoms with Crippen molar-refractivity contribution in [3.63, 3.8) is 0 Å². The zero-order valence-corrected chi connectivity index (χ0v) is 20.8. The Bertz CT molecular complexity index is 1470. The van der Waals surface area contributed by atoms with Gasteiger partial charge in [-0.05, 0) is 42.8 Å². The molecule has 36 heavy (non-hydrogen) atoms. The van der Waals surface area contributed by atoms with E-state index in [1.165, 1.54) is 15.9 Å². The van der Waals surface area contributed by atoms with Crippen LogP contribution in [0.15, 0.2) is 113 Å². The normalized spacial score (nSPS) is 15.3. The maximum atomic E-state index is 14.2. The molecule has 0 saturated heterocycles. The molecule has 0 fully saturated rings. The summed E-state index contributed by atoms with van der Waals surface area (Å²) in [6, 6.07) is 25.2. The summed E-state index contributed by atoms with van der Waals surface area (Å²) < 4.78 is 0. The quantitative estimate of drug-likeness (QED) is 0.393. The summed E-state index contributed by atoms with van der Waals surface area (Å²) in [4.78, 5) is 43.4. The number of benzene rings is 3. The van der Waals surface area contributed by atoms with Crippen molar-refractivity contribution in [2.45, 2.75) is 6.92 Å². The first-order chi connectivity index (χ1) is 17.4. The number of anilines is 2. The van der Waals surface area contributed by atoms with Crippen molar-refractivity contribution in [3.8, 4) is 0 Å². The van der Waals surface area contributed by atoms with Gasteiger partial charge < -0.3 is 0 Å². The molecule has 0 unspecified atom stereocenters. The van der Waals surface area contributed by atoms with Crippen LogP contribution < -0.4 is 9.80 Å². The molecular weight excluding hydrogens is 495 g/mol. The van der Waals surface area contributed by atoms with Crippen LogP contribution in [0, 0.1) is 6.92 Å². The number of hydrogen-bond donors (Lipinski definition) is 0. The van der Waals surface area contributed by atoms with Crippen molar-refractivity contribution in [2.75, 3.05) is 15.7 Å². The number of halogens is 2. The van der Waals surface area contributed by atoms with E-state index in [0.717, 1.165) is 5.56 Å². The zero-order chi connectivity index (χ0) is 25.4. The van der Waals surface area contributed by atoms with E-state index in [1.54, 1.807) is 36.4 Å². The monoisotopic (exact) mass is 514 g/mol. The molecule has 0 spiro atoms. The molecule has 1 heterocycles. The number of alkyl halides is 1. The van der Waals surface area contributed by atoms with Gasteiger partial charge in [-0.25, -0.2) is 0 Å². The highest BCUT2D eigenvalue weighted by Crippen LogP contribution is 2.45. The molecule has 0 radical (unpaired) electrons. The lowest BCUT2D eigenvalue weighted by Crippen LogP contribution is -2.37. The molecule has 1 aliphatic carbocycles. The van der Waals surface area contributed by atoms with Gasteiger partial charge in [0.2, 0.25) is 11.7 Å². The number of nitrogens with zero attached hydrogens (tertiary/aromatic N) is 2. The van der Waals surface area contributed by atoms with Crippen LogP contribution in [0.25, 0.3) is 5.57 Å². The van der Waals surface area contributed by atoms with Gasteiger partial charge in [0.05, 0.1) is 17.0 Å². The van der Waals surface area contributed by atoms with Crippen LogP contribution in [-0.2, 0) is 14.4 Å². The summed E-state index contributed by atoms with van der Waals surface area (Å²) >= 11 is 12.6. The van der Waals surface area contributed by atoms with Crippen molar-refractivity contribution >= 4 is 57.7 Å². The molecule has 5 nitrogen and oxygen atoms in total. The van der Waals surface area contributed by atoms with Crippen LogP contribution in [0.3, 0.4) is 0 Å². The van der Waals surface area contributed by atoms with Crippen LogP contribution in [0.1, 0.15) is 11.1 Å². The van der Waals surface area contributed by atoms with Crippen LogP contribution in [0.2, 0.25) is 0 Å². The van der Waals surface area contributed by atoms with Gasteiger partial charge in [-0.3, -0.25) is 24.2 Å². The maximum Gasteiger partial charge on any atom is 0.275 e. The number of amides is 2. The van der Waals surface area contributed by atoms with E-state index in [9.17, 15) is 14.4 Å². The first-order valence-corrected chi connectivity index (χ1v) is 12.1. The molecule has 2 aliphatic rings. The summed E-state index contributed by atoms with van der Waals surface area (Å²) in [6.45, 7) is 1.95. The van der Waals surface area contributed by atoms with Crippen molar-refractivity contribution < 1.29 is 14.4 Å². The SMILES string of the molecule is Cc1ccc(C2=C3C(=C(Cl)C(=O)N3c3ccccc3)C=C(N(C(=O)CCl)c3ccccc3)C2=O)cc1. The molecule has 0 bridgehead atoms. The van der Waals surface area contributed by atoms with Gasteiger partial charge in [0.15, 0.2) is 0 Å². The second kappa shape index (κ2) is 9.61. The number of Topliss-reactive ketones (excluding diaryl/α,β-unsaturated/α-hetero) is 1. The standard InChI is InChI=1S/C29H20Cl2N2O3/c1-18-12-14-19(15-13-18)25-27-22(26(31)29(36)33(27)21-10-6-3-7-11-21)16-23(28(25)35)32(24(34)17-30)20-8-4-2-5-9-20/h2-16H,17H2,1H3. The average molecular weight is 515 g/mol. The lowest BCUT2D eigenvalue weighted by Gasteiger charge is -2.30. The number of hydrogen-bond acceptors (Lipinski definition) is 3. The molecule has 3 aromatic rings. The number of para-hydroxylation sites is 2. The Hall–Kier alpha value is -3.93. The molecule has 3 aromatic carbocycles. The summed E-state index contributed by atoms with van der Waals surface area (Å²) in [5.41, 5.74) is 3.80. The van der Waals surface area contributed by atoms with E-state index in [-0.39, 0.29) is 22.2 Å². The predicted octanol–water partition coefficient (Wildman–Crippen LogP) is 5.98. The van der Waals surface area contributed by atoms with Crippen molar-refractivity contribution in [3.05, 3.63) is 124 Å². The average Bonchev–Trinajstić information content (AvgIpc) is 3.15. The highest BCUT2D eigenvalue weighted by atomic mass is 35.5. The number of rotatable bonds is 5. The van der Waals surface area contributed by atoms with Crippen LogP contribution >= 0.6 is 23.2 Å². The highest BCUT2D eigenvalue weighted by Gasteiger charge is 2.43. The molecule has 0 aromatic heterocycles. The Labute approximate surface area is 218 Å². The van der Waals surface area contributed by atoms with Gasteiger partial charge in [-0.1, -0.05) is 77.8 Å². The van der Waals surface area contributed by atoms with Gasteiger partial charge in [-0.2, -0.15) is 0 Å². The number of aryl methyl sites for hydroxylation is 1. The topological polar surface area (TPSA) is 57.7 Å². The zero-order valence-electron chi connectivity index (χ0n) is 19.2. The first kappa shape index (κ1) is 23.8. The molecule has 2 amide bonds. The number of allylic oxidation sites excluding steroid dienone is 2. The predicted molar refractivity (Wildman–Crippen MR) is 143 cm³/mol. The minimum Gasteiger partial charge on any atom is -0.287 e. The summed E-state index contributed by atoms with van der Waals surface area (Å²) in [7, 11) is 0. The van der Waals surface area contributed by atoms with Gasteiger partial charge in [-0.15, -0.1) is 11.6 Å². The largest absolute Gasteiger partial charge is 0.287 e. The Morgan fingerprint density at radius 1 is 0.889 bits per heavy atom. The van der Waals surface area contributed by atoms with E-state index in [1.807, 2.05) is 55.5 Å². The molecule has 178 valence electrons. The molecule has 0 N–H and O–H groups in total. The Balaban J connectivity index is 1.78. The van der Waals surface area contributed by atoms with E-state index in [0.29, 0.717) is 28.2 Å². The van der Waals surface area contributed by atoms with Crippen LogP contribution in [0.5, 0.6) is 0 Å². The summed E-state index contributed by atoms with van der Waals surface area (Å²) in [5, 5.41) is -0.0326. The van der Waals surface area contributed by atoms with Gasteiger partial charge in [0, 0.05) is 16.9 Å². The minimum atomic E-state index is -0.477. The van der Waals surface area contributed by atoms with Gasteiger partial charge >= 0.3 is 0 Å². The molecule has 0 atom stereocenters. The lowest BCUT2D eigenvalue weighted by atomic mass is 9.88. The third-order valence-electron chi connectivity index (χ3n) is 6.06. The highest BCUT2D eigenvalue weighted by molar-refractivity contribution is 6.49. The van der Waals surface area contributed by atoms with E-state index >= 15 is 0 Å². The summed E-state index contributed by atoms with van der Waals surface area (Å²) in [6.07, 6.45) is 1.51. The Morgan fingerprint density at radius 3 is 2.11 bits per heavy atom. The van der Waals surface area contributed by atoms with E-state index < -0.39 is 17.6 Å². The third-order valence-corrected chi connectivity index (χ3v) is 6.65. The second-order valence-electron chi connectivity index (χ2n) is 8.35. The molecule has 5 rings (SSSR count). The van der Waals surface area contributed by atoms with E-state index in [4.69, 9.17) is 23.2 Å². The fourth-order valence-corrected chi connectivity index (χ4v) is 4.74. The molecular formula is C29H20Cl2N2O3. The molecule has 7 heteroatoms. The summed E-state index contributed by atoms with van der Waals surface area (Å²) in [5.74, 6) is -1.68. The fourth-order valence-electron chi connectivity index (χ4n) is 4.39. The number of carbonyl (C=O) groups excluding carboxylic acids is 3. The molecule has 1 aliphatic heterocycles. The van der Waals surface area contributed by atoms with Crippen LogP contribution in [0.4, 0.5) is 11.4 Å². The Morgan fingerprint density at radius 2 is 1.50 bits per heavy atom. The minimum absolute atomic E-state index is 0.0326. The smallest absolute Gasteiger partial charge is 0.275 e. The number of carbonyl (C=O) groups is 3. The number of ketones is 1. The van der Waals surface area contributed by atoms with Gasteiger partial charge in [0.1, 0.15) is 10.9 Å². The number of fused-ring (bicyclic) bond motifs is 1. The van der Waals surface area contributed by atoms with Crippen molar-refractivity contribution in [1.82, 2.24) is 0 Å². The van der Waals surface area contributed by atoms with Crippen LogP contribution in [-0.4, -0.2) is 23.5 Å². The Kier molecular flexibility index (Phi) is 6.35. The maximum absolute atomic E-state index is 14.2. The van der Waals surface area contributed by atoms with Crippen molar-refractivity contribution in [1.29, 1.82) is 0 Å². The lowest BCUT2D eigenvalue weighted by molar-refractivity contribution is -0.117. The third kappa shape index (κ3) is 3.96. The molecule has 0 saturated carbocycles. The van der Waals surface area contributed by atoms with E-state index in [2.05, 4.69) is 0 Å². The first-order valence-electron chi connectivity index (χ1n) is 11.2. The second-order valence-corrected chi connectivity index (χ2v) is 9.00.